The van der Waals surface area contributed by atoms with E-state index in [1.165, 1.54) is 6.07 Å². The van der Waals surface area contributed by atoms with Gasteiger partial charge in [-0.3, -0.25) is 0 Å². The summed E-state index contributed by atoms with van der Waals surface area (Å²) in [6.07, 6.45) is 0.525. The fourth-order valence-corrected chi connectivity index (χ4v) is 2.33. The van der Waals surface area contributed by atoms with Crippen LogP contribution in [0, 0.1) is 9.39 Å². The number of hydrogen-bond donors (Lipinski definition) is 1. The van der Waals surface area contributed by atoms with E-state index in [4.69, 9.17) is 17.3 Å². The van der Waals surface area contributed by atoms with E-state index in [2.05, 4.69) is 22.6 Å². The minimum absolute atomic E-state index is 0.165. The highest BCUT2D eigenvalue weighted by Gasteiger charge is 2.11. The summed E-state index contributed by atoms with van der Waals surface area (Å²) in [4.78, 5) is 0. The molecule has 0 aliphatic rings. The normalized spacial score (nSPS) is 12.4. The van der Waals surface area contributed by atoms with E-state index < -0.39 is 5.82 Å². The molecule has 0 heterocycles. The first kappa shape index (κ1) is 13.8. The molecule has 0 radical (unpaired) electrons. The Labute approximate surface area is 124 Å². The minimum Gasteiger partial charge on any atom is -0.324 e. The average molecular weight is 376 g/mol. The van der Waals surface area contributed by atoms with Crippen LogP contribution in [0.15, 0.2) is 42.5 Å². The monoisotopic (exact) mass is 375 g/mol. The topological polar surface area (TPSA) is 26.0 Å². The fourth-order valence-electron chi connectivity index (χ4n) is 1.77. The molecule has 2 N–H and O–H groups in total. The Bertz CT molecular complexity index is 542. The maximum Gasteiger partial charge on any atom is 0.142 e. The largest absolute Gasteiger partial charge is 0.324 e. The summed E-state index contributed by atoms with van der Waals surface area (Å²) in [7, 11) is 0. The lowest BCUT2D eigenvalue weighted by Crippen LogP contribution is -2.13. The lowest BCUT2D eigenvalue weighted by molar-refractivity contribution is 0.622. The first-order valence-electron chi connectivity index (χ1n) is 5.52. The lowest BCUT2D eigenvalue weighted by atomic mass is 10.00. The van der Waals surface area contributed by atoms with E-state index in [1.807, 2.05) is 24.3 Å². The van der Waals surface area contributed by atoms with Crippen LogP contribution in [0.2, 0.25) is 5.02 Å². The zero-order chi connectivity index (χ0) is 13.1. The third kappa shape index (κ3) is 3.22. The molecule has 0 aromatic heterocycles. The third-order valence-electron chi connectivity index (χ3n) is 2.77. The zero-order valence-corrected chi connectivity index (χ0v) is 12.5. The number of rotatable bonds is 3. The molecule has 4 heteroatoms. The molecule has 1 nitrogen and oxygen atoms in total. The second kappa shape index (κ2) is 5.99. The molecule has 1 atom stereocenters. The highest BCUT2D eigenvalue weighted by atomic mass is 127. The molecule has 1 unspecified atom stereocenters. The van der Waals surface area contributed by atoms with Crippen molar-refractivity contribution in [1.82, 2.24) is 0 Å². The fraction of sp³-hybridized carbons (Fsp3) is 0.143. The van der Waals surface area contributed by atoms with E-state index in [0.29, 0.717) is 6.42 Å². The van der Waals surface area contributed by atoms with Gasteiger partial charge in [0, 0.05) is 9.61 Å². The first-order chi connectivity index (χ1) is 8.58. The van der Waals surface area contributed by atoms with Gasteiger partial charge < -0.3 is 5.73 Å². The van der Waals surface area contributed by atoms with Gasteiger partial charge in [0.1, 0.15) is 5.82 Å². The molecule has 2 aromatic carbocycles. The van der Waals surface area contributed by atoms with E-state index in [0.717, 1.165) is 14.7 Å². The molecule has 0 fully saturated rings. The van der Waals surface area contributed by atoms with Crippen LogP contribution in [0.25, 0.3) is 0 Å². The predicted octanol–water partition coefficient (Wildman–Crippen LogP) is 4.33. The van der Waals surface area contributed by atoms with Gasteiger partial charge in [0.25, 0.3) is 0 Å². The van der Waals surface area contributed by atoms with Crippen molar-refractivity contribution < 1.29 is 4.39 Å². The summed E-state index contributed by atoms with van der Waals surface area (Å²) in [5.74, 6) is -0.399. The molecule has 0 saturated heterocycles. The van der Waals surface area contributed by atoms with Crippen LogP contribution in [-0.2, 0) is 6.42 Å². The molecule has 0 amide bonds. The van der Waals surface area contributed by atoms with Gasteiger partial charge in [-0.25, -0.2) is 4.39 Å². The average Bonchev–Trinajstić information content (AvgIpc) is 2.36. The van der Waals surface area contributed by atoms with Crippen molar-refractivity contribution in [2.45, 2.75) is 12.5 Å². The number of hydrogen-bond acceptors (Lipinski definition) is 1. The van der Waals surface area contributed by atoms with Gasteiger partial charge in [0.2, 0.25) is 0 Å². The Morgan fingerprint density at radius 3 is 2.50 bits per heavy atom. The van der Waals surface area contributed by atoms with Gasteiger partial charge in [-0.2, -0.15) is 0 Å². The van der Waals surface area contributed by atoms with E-state index >= 15 is 0 Å². The van der Waals surface area contributed by atoms with Crippen LogP contribution in [0.3, 0.4) is 0 Å². The molecule has 18 heavy (non-hydrogen) atoms. The standard InChI is InChI=1S/C14H12ClFIN/c15-14-10(2-1-3-12(14)16)8-13(18)9-4-6-11(17)7-5-9/h1-7,13H,8,18H2. The third-order valence-corrected chi connectivity index (χ3v) is 3.91. The second-order valence-electron chi connectivity index (χ2n) is 4.08. The Morgan fingerprint density at radius 2 is 1.83 bits per heavy atom. The van der Waals surface area contributed by atoms with Gasteiger partial charge >= 0.3 is 0 Å². The highest BCUT2D eigenvalue weighted by Crippen LogP contribution is 2.24. The Kier molecular flexibility index (Phi) is 4.59. The Hall–Kier alpha value is -0.650. The summed E-state index contributed by atoms with van der Waals surface area (Å²) >= 11 is 8.16. The summed E-state index contributed by atoms with van der Waals surface area (Å²) in [6.45, 7) is 0. The van der Waals surface area contributed by atoms with Crippen LogP contribution >= 0.6 is 34.2 Å². The smallest absolute Gasteiger partial charge is 0.142 e. The van der Waals surface area contributed by atoms with Crippen molar-refractivity contribution in [2.75, 3.05) is 0 Å². The van der Waals surface area contributed by atoms with Crippen molar-refractivity contribution in [3.8, 4) is 0 Å². The molecule has 0 aliphatic carbocycles. The quantitative estimate of drug-likeness (QED) is 0.794. The van der Waals surface area contributed by atoms with Gasteiger partial charge in [-0.1, -0.05) is 35.9 Å². The molecule has 0 aliphatic heterocycles. The van der Waals surface area contributed by atoms with Gasteiger partial charge in [0.15, 0.2) is 0 Å². The zero-order valence-electron chi connectivity index (χ0n) is 9.54. The Morgan fingerprint density at radius 1 is 1.17 bits per heavy atom. The SMILES string of the molecule is NC(Cc1cccc(F)c1Cl)c1ccc(I)cc1. The number of benzene rings is 2. The van der Waals surface area contributed by atoms with E-state index in [-0.39, 0.29) is 11.1 Å². The van der Waals surface area contributed by atoms with E-state index in [9.17, 15) is 4.39 Å². The maximum atomic E-state index is 13.3. The molecule has 2 rings (SSSR count). The van der Waals surface area contributed by atoms with Crippen LogP contribution in [-0.4, -0.2) is 0 Å². The van der Waals surface area contributed by atoms with Crippen molar-refractivity contribution >= 4 is 34.2 Å². The lowest BCUT2D eigenvalue weighted by Gasteiger charge is -2.13. The highest BCUT2D eigenvalue weighted by molar-refractivity contribution is 14.1. The van der Waals surface area contributed by atoms with E-state index in [1.54, 1.807) is 12.1 Å². The summed E-state index contributed by atoms with van der Waals surface area (Å²) in [5.41, 5.74) is 7.87. The van der Waals surface area contributed by atoms with Gasteiger partial charge in [0.05, 0.1) is 5.02 Å². The van der Waals surface area contributed by atoms with Crippen molar-refractivity contribution in [2.24, 2.45) is 5.73 Å². The summed E-state index contributed by atoms with van der Waals surface area (Å²) < 4.78 is 14.5. The first-order valence-corrected chi connectivity index (χ1v) is 6.97. The van der Waals surface area contributed by atoms with Crippen LogP contribution in [0.1, 0.15) is 17.2 Å². The molecule has 94 valence electrons. The molecular formula is C14H12ClFIN. The second-order valence-corrected chi connectivity index (χ2v) is 5.70. The van der Waals surface area contributed by atoms with Crippen LogP contribution in [0.5, 0.6) is 0 Å². The van der Waals surface area contributed by atoms with Gasteiger partial charge in [-0.15, -0.1) is 0 Å². The summed E-state index contributed by atoms with van der Waals surface area (Å²) in [6, 6.07) is 12.6. The molecule has 2 aromatic rings. The molecule has 0 saturated carbocycles. The van der Waals surface area contributed by atoms with Crippen LogP contribution < -0.4 is 5.73 Å². The van der Waals surface area contributed by atoms with Gasteiger partial charge in [-0.05, 0) is 58.3 Å². The van der Waals surface area contributed by atoms with Crippen LogP contribution in [0.4, 0.5) is 4.39 Å². The Balaban J connectivity index is 2.18. The predicted molar refractivity (Wildman–Crippen MR) is 81.2 cm³/mol. The molecular weight excluding hydrogens is 364 g/mol. The van der Waals surface area contributed by atoms with Crippen molar-refractivity contribution in [1.29, 1.82) is 0 Å². The molecule has 0 bridgehead atoms. The maximum absolute atomic E-state index is 13.3. The van der Waals surface area contributed by atoms with Crippen molar-refractivity contribution in [3.63, 3.8) is 0 Å². The summed E-state index contributed by atoms with van der Waals surface area (Å²) in [5, 5.41) is 0.165. The minimum atomic E-state index is -0.399. The van der Waals surface area contributed by atoms with Crippen molar-refractivity contribution in [3.05, 3.63) is 68.0 Å². The number of halogens is 3. The molecule has 0 spiro atoms. The number of nitrogens with two attached hydrogens (primary N) is 1.